The molecule has 2 rings (SSSR count). The first-order valence-electron chi connectivity index (χ1n) is 10.6. The Morgan fingerprint density at radius 3 is 2.46 bits per heavy atom. The van der Waals surface area contributed by atoms with Gasteiger partial charge >= 0.3 is 5.97 Å². The van der Waals surface area contributed by atoms with Gasteiger partial charge in [0.05, 0.1) is 39.7 Å². The number of aromatic nitrogens is 1. The van der Waals surface area contributed by atoms with Gasteiger partial charge < -0.3 is 9.22 Å². The van der Waals surface area contributed by atoms with Crippen LogP contribution in [-0.4, -0.2) is 52.3 Å². The number of aryl methyl sites for hydroxylation is 1. The van der Waals surface area contributed by atoms with Crippen LogP contribution in [0.15, 0.2) is 36.5 Å². The molecule has 0 unspecified atom stereocenters. The first-order chi connectivity index (χ1) is 13.2. The van der Waals surface area contributed by atoms with Crippen molar-refractivity contribution in [2.24, 2.45) is 7.05 Å². The van der Waals surface area contributed by atoms with Crippen molar-refractivity contribution in [3.8, 4) is 0 Å². The summed E-state index contributed by atoms with van der Waals surface area (Å²) in [5.74, 6) is -0.228. The average molecular weight is 403 g/mol. The summed E-state index contributed by atoms with van der Waals surface area (Å²) in [5, 5.41) is 0.939. The Bertz CT molecular complexity index is 800. The maximum Gasteiger partial charge on any atom is 0.339 e. The molecule has 0 bridgehead atoms. The third-order valence-electron chi connectivity index (χ3n) is 6.44. The lowest BCUT2D eigenvalue weighted by Crippen LogP contribution is -2.44. The molecule has 1 aromatic heterocycles. The van der Waals surface area contributed by atoms with E-state index in [9.17, 15) is 4.79 Å². The van der Waals surface area contributed by atoms with E-state index in [1.165, 1.54) is 24.6 Å². The minimum atomic E-state index is -1.02. The molecule has 1 heterocycles. The summed E-state index contributed by atoms with van der Waals surface area (Å²) < 4.78 is 8.57. The van der Waals surface area contributed by atoms with Crippen LogP contribution >= 0.6 is 0 Å². The lowest BCUT2D eigenvalue weighted by molar-refractivity contribution is -0.890. The Labute approximate surface area is 171 Å². The highest BCUT2D eigenvalue weighted by atomic mass is 28.3. The molecule has 0 aliphatic carbocycles. The zero-order valence-electron chi connectivity index (χ0n) is 18.6. The minimum absolute atomic E-state index is 0.228. The number of para-hydroxylation sites is 1. The second kappa shape index (κ2) is 9.66. The van der Waals surface area contributed by atoms with E-state index >= 15 is 0 Å². The second-order valence-electron chi connectivity index (χ2n) is 9.00. The van der Waals surface area contributed by atoms with Gasteiger partial charge in [-0.15, -0.1) is 0 Å². The Morgan fingerprint density at radius 2 is 1.79 bits per heavy atom. The number of nitrogens with zero attached hydrogens (tertiary/aromatic N) is 2. The number of hydrogen-bond donors (Lipinski definition) is 0. The van der Waals surface area contributed by atoms with E-state index in [2.05, 4.69) is 34.5 Å². The average Bonchev–Trinajstić information content (AvgIpc) is 2.68. The number of rotatable bonds is 10. The minimum Gasteiger partial charge on any atom is -0.456 e. The van der Waals surface area contributed by atoms with Gasteiger partial charge in [0.2, 0.25) is 5.52 Å². The number of pyridine rings is 1. The van der Waals surface area contributed by atoms with Gasteiger partial charge in [-0.3, -0.25) is 0 Å². The van der Waals surface area contributed by atoms with Gasteiger partial charge in [0.1, 0.15) is 20.2 Å². The SMILES string of the molecule is CC[Si](C)(CC)CCC[N+](C)(C)CCOC(=O)c1cc[n+](C)c2ccccc12. The summed E-state index contributed by atoms with van der Waals surface area (Å²) in [7, 11) is 5.45. The van der Waals surface area contributed by atoms with Crippen LogP contribution in [0.4, 0.5) is 0 Å². The molecular weight excluding hydrogens is 364 g/mol. The number of benzene rings is 1. The number of fused-ring (bicyclic) bond motifs is 1. The van der Waals surface area contributed by atoms with Crippen molar-refractivity contribution in [2.75, 3.05) is 33.8 Å². The van der Waals surface area contributed by atoms with Crippen molar-refractivity contribution < 1.29 is 18.6 Å². The van der Waals surface area contributed by atoms with Crippen LogP contribution in [0.25, 0.3) is 10.9 Å². The van der Waals surface area contributed by atoms with Crippen molar-refractivity contribution >= 4 is 24.9 Å². The van der Waals surface area contributed by atoms with E-state index in [1.807, 2.05) is 48.1 Å². The number of ether oxygens (including phenoxy) is 1. The van der Waals surface area contributed by atoms with Crippen LogP contribution in [0.5, 0.6) is 0 Å². The van der Waals surface area contributed by atoms with Gasteiger partial charge in [-0.05, 0) is 12.5 Å². The Morgan fingerprint density at radius 1 is 1.11 bits per heavy atom. The molecule has 2 aromatic rings. The van der Waals surface area contributed by atoms with E-state index in [-0.39, 0.29) is 5.97 Å². The van der Waals surface area contributed by atoms with Gasteiger partial charge in [-0.1, -0.05) is 50.7 Å². The number of hydrogen-bond acceptors (Lipinski definition) is 2. The predicted molar refractivity (Wildman–Crippen MR) is 119 cm³/mol. The largest absolute Gasteiger partial charge is 0.456 e. The number of carbonyl (C=O) groups excluding carboxylic acids is 1. The molecule has 154 valence electrons. The van der Waals surface area contributed by atoms with Crippen LogP contribution in [-0.2, 0) is 11.8 Å². The quantitative estimate of drug-likeness (QED) is 0.255. The Balaban J connectivity index is 1.89. The summed E-state index contributed by atoms with van der Waals surface area (Å²) in [6, 6.07) is 13.9. The van der Waals surface area contributed by atoms with E-state index in [1.54, 1.807) is 0 Å². The molecule has 0 spiro atoms. The Kier molecular flexibility index (Phi) is 7.78. The number of esters is 1. The third kappa shape index (κ3) is 5.88. The van der Waals surface area contributed by atoms with E-state index < -0.39 is 8.07 Å². The van der Waals surface area contributed by atoms with Gasteiger partial charge in [-0.25, -0.2) is 9.36 Å². The summed E-state index contributed by atoms with van der Waals surface area (Å²) >= 11 is 0. The van der Waals surface area contributed by atoms with Crippen molar-refractivity contribution in [3.05, 3.63) is 42.1 Å². The van der Waals surface area contributed by atoms with Crippen molar-refractivity contribution in [1.29, 1.82) is 0 Å². The maximum atomic E-state index is 12.6. The third-order valence-corrected chi connectivity index (χ3v) is 11.4. The van der Waals surface area contributed by atoms with Crippen molar-refractivity contribution in [3.63, 3.8) is 0 Å². The van der Waals surface area contributed by atoms with Gasteiger partial charge in [0.25, 0.3) is 0 Å². The van der Waals surface area contributed by atoms with Gasteiger partial charge in [0, 0.05) is 12.1 Å². The molecule has 0 saturated heterocycles. The molecule has 4 nitrogen and oxygen atoms in total. The fraction of sp³-hybridized carbons (Fsp3) is 0.565. The first-order valence-corrected chi connectivity index (χ1v) is 13.7. The first kappa shape index (κ1) is 22.6. The molecule has 0 N–H and O–H groups in total. The fourth-order valence-electron chi connectivity index (χ4n) is 3.66. The maximum absolute atomic E-state index is 12.6. The summed E-state index contributed by atoms with van der Waals surface area (Å²) in [6.45, 7) is 9.67. The highest BCUT2D eigenvalue weighted by molar-refractivity contribution is 6.78. The van der Waals surface area contributed by atoms with Crippen molar-refractivity contribution in [2.45, 2.75) is 44.9 Å². The second-order valence-corrected chi connectivity index (χ2v) is 14.5. The molecule has 5 heteroatoms. The number of carbonyl (C=O) groups is 1. The lowest BCUT2D eigenvalue weighted by atomic mass is 10.1. The smallest absolute Gasteiger partial charge is 0.339 e. The highest BCUT2D eigenvalue weighted by Crippen LogP contribution is 2.22. The summed E-state index contributed by atoms with van der Waals surface area (Å²) in [6.07, 6.45) is 3.19. The molecule has 0 saturated carbocycles. The zero-order chi connectivity index (χ0) is 20.8. The lowest BCUT2D eigenvalue weighted by Gasteiger charge is -2.31. The Hall–Kier alpha value is -1.72. The van der Waals surface area contributed by atoms with Crippen molar-refractivity contribution in [1.82, 2.24) is 0 Å². The van der Waals surface area contributed by atoms with Crippen LogP contribution in [0.1, 0.15) is 30.6 Å². The van der Waals surface area contributed by atoms with Gasteiger partial charge in [-0.2, -0.15) is 0 Å². The summed E-state index contributed by atoms with van der Waals surface area (Å²) in [4.78, 5) is 12.6. The topological polar surface area (TPSA) is 30.2 Å². The number of quaternary nitrogens is 1. The van der Waals surface area contributed by atoms with E-state index in [0.29, 0.717) is 12.2 Å². The molecule has 0 aliphatic rings. The molecule has 0 aliphatic heterocycles. The zero-order valence-corrected chi connectivity index (χ0v) is 19.6. The van der Waals surface area contributed by atoms with Gasteiger partial charge in [0.15, 0.2) is 6.20 Å². The van der Waals surface area contributed by atoms with Crippen LogP contribution in [0, 0.1) is 0 Å². The van der Waals surface area contributed by atoms with Crippen LogP contribution in [0.2, 0.25) is 24.7 Å². The molecule has 1 aromatic carbocycles. The molecule has 0 amide bonds. The van der Waals surface area contributed by atoms with E-state index in [0.717, 1.165) is 28.5 Å². The van der Waals surface area contributed by atoms with Crippen LogP contribution in [0.3, 0.4) is 0 Å². The standard InChI is InChI=1S/C23H38N2O2Si/c1-7-28(6,8-2)19-11-16-25(4,5)17-18-27-23(26)21-14-15-24(3)22-13-10-9-12-20(21)22/h9-10,12-15H,7-8,11,16-19H2,1-6H3/q+2. The molecule has 28 heavy (non-hydrogen) atoms. The molecule has 0 atom stereocenters. The predicted octanol–water partition coefficient (Wildman–Crippen LogP) is 4.41. The van der Waals surface area contributed by atoms with E-state index in [4.69, 9.17) is 4.74 Å². The summed E-state index contributed by atoms with van der Waals surface area (Å²) in [5.41, 5.74) is 1.68. The number of likely N-dealkylation sites (N-methyl/N-ethyl adjacent to an activating group) is 1. The highest BCUT2D eigenvalue weighted by Gasteiger charge is 2.24. The fourth-order valence-corrected chi connectivity index (χ4v) is 5.87. The monoisotopic (exact) mass is 402 g/mol. The normalized spacial score (nSPS) is 12.4. The molecular formula is C23H38N2O2Si+2. The molecule has 0 fully saturated rings. The van der Waals surface area contributed by atoms with Crippen LogP contribution < -0.4 is 4.57 Å². The molecule has 0 radical (unpaired) electrons.